The fraction of sp³-hybridized carbons (Fsp3) is 0.462. The Hall–Kier alpha value is -0.840. The minimum Gasteiger partial charge on any atom is -0.298 e. The maximum atomic E-state index is 12.4. The monoisotopic (exact) mass is 320 g/mol. The smallest absolute Gasteiger partial charge is 0.298 e. The molecule has 1 unspecified atom stereocenters. The van der Waals surface area contributed by atoms with Gasteiger partial charge in [0.05, 0.1) is 10.4 Å². The second kappa shape index (κ2) is 5.03. The zero-order valence-electron chi connectivity index (χ0n) is 9.51. The minimum atomic E-state index is -4.31. The molecular formula is C13H12BrF3O. The van der Waals surface area contributed by atoms with E-state index in [9.17, 15) is 18.0 Å². The van der Waals surface area contributed by atoms with Crippen LogP contribution in [-0.4, -0.2) is 10.6 Å². The topological polar surface area (TPSA) is 17.1 Å². The van der Waals surface area contributed by atoms with Crippen LogP contribution < -0.4 is 0 Å². The predicted molar refractivity (Wildman–Crippen MR) is 65.6 cm³/mol. The van der Waals surface area contributed by atoms with E-state index in [2.05, 4.69) is 15.9 Å². The quantitative estimate of drug-likeness (QED) is 0.767. The van der Waals surface area contributed by atoms with Gasteiger partial charge in [-0.2, -0.15) is 13.2 Å². The first-order chi connectivity index (χ1) is 8.38. The van der Waals surface area contributed by atoms with Crippen LogP contribution in [0.25, 0.3) is 0 Å². The molecule has 0 radical (unpaired) electrons. The maximum Gasteiger partial charge on any atom is 0.416 e. The third-order valence-electron chi connectivity index (χ3n) is 2.98. The van der Waals surface area contributed by atoms with Crippen LogP contribution in [0.3, 0.4) is 0 Å². The molecule has 0 saturated heterocycles. The Morgan fingerprint density at radius 2 is 1.83 bits per heavy atom. The van der Waals surface area contributed by atoms with Gasteiger partial charge in [0.1, 0.15) is 5.78 Å². The molecule has 18 heavy (non-hydrogen) atoms. The Labute approximate surface area is 112 Å². The summed E-state index contributed by atoms with van der Waals surface area (Å²) in [7, 11) is 0. The van der Waals surface area contributed by atoms with Crippen molar-refractivity contribution in [2.45, 2.75) is 30.3 Å². The summed E-state index contributed by atoms with van der Waals surface area (Å²) in [5.74, 6) is 0.318. The molecule has 0 heterocycles. The van der Waals surface area contributed by atoms with E-state index in [-0.39, 0.29) is 16.5 Å². The van der Waals surface area contributed by atoms with Crippen LogP contribution in [0, 0.1) is 5.92 Å². The van der Waals surface area contributed by atoms with Crippen LogP contribution >= 0.6 is 15.9 Å². The van der Waals surface area contributed by atoms with Crippen molar-refractivity contribution in [1.82, 2.24) is 0 Å². The van der Waals surface area contributed by atoms with Gasteiger partial charge >= 0.3 is 6.18 Å². The van der Waals surface area contributed by atoms with Crippen LogP contribution in [0.2, 0.25) is 0 Å². The molecule has 1 nitrogen and oxygen atoms in total. The highest BCUT2D eigenvalue weighted by Gasteiger charge is 2.34. The number of hydrogen-bond donors (Lipinski definition) is 0. The van der Waals surface area contributed by atoms with E-state index in [1.165, 1.54) is 12.1 Å². The van der Waals surface area contributed by atoms with Gasteiger partial charge in [0, 0.05) is 5.92 Å². The number of hydrogen-bond acceptors (Lipinski definition) is 1. The normalized spacial score (nSPS) is 17.6. The van der Waals surface area contributed by atoms with Crippen molar-refractivity contribution in [3.8, 4) is 0 Å². The van der Waals surface area contributed by atoms with Gasteiger partial charge in [-0.3, -0.25) is 4.79 Å². The van der Waals surface area contributed by atoms with Gasteiger partial charge in [0.2, 0.25) is 0 Å². The van der Waals surface area contributed by atoms with E-state index in [1.54, 1.807) is 0 Å². The molecule has 1 aromatic rings. The van der Waals surface area contributed by atoms with Crippen molar-refractivity contribution < 1.29 is 18.0 Å². The molecule has 0 spiro atoms. The Morgan fingerprint density at radius 1 is 1.28 bits per heavy atom. The lowest BCUT2D eigenvalue weighted by atomic mass is 10.0. The van der Waals surface area contributed by atoms with Crippen LogP contribution in [0.1, 0.15) is 24.0 Å². The highest BCUT2D eigenvalue weighted by Crippen LogP contribution is 2.33. The zero-order valence-corrected chi connectivity index (χ0v) is 11.1. The first kappa shape index (κ1) is 13.6. The third-order valence-corrected chi connectivity index (χ3v) is 3.76. The summed E-state index contributed by atoms with van der Waals surface area (Å²) >= 11 is 3.31. The summed E-state index contributed by atoms with van der Waals surface area (Å²) < 4.78 is 37.1. The number of halogens is 4. The molecular weight excluding hydrogens is 309 g/mol. The Balaban J connectivity index is 1.99. The molecule has 2 rings (SSSR count). The van der Waals surface area contributed by atoms with Crippen LogP contribution in [0.4, 0.5) is 13.2 Å². The number of alkyl halides is 4. The molecule has 0 amide bonds. The van der Waals surface area contributed by atoms with Crippen molar-refractivity contribution >= 4 is 21.7 Å². The predicted octanol–water partition coefficient (Wildman–Crippen LogP) is 3.99. The number of carbonyl (C=O) groups excluding carboxylic acids is 1. The summed E-state index contributed by atoms with van der Waals surface area (Å²) in [6.07, 6.45) is -1.99. The Morgan fingerprint density at radius 3 is 2.28 bits per heavy atom. The van der Waals surface area contributed by atoms with E-state index in [1.807, 2.05) is 0 Å². The van der Waals surface area contributed by atoms with E-state index >= 15 is 0 Å². The molecule has 1 fully saturated rings. The number of Topliss-reactive ketones (excluding diaryl/α,β-unsaturated/α-hetero) is 1. The summed E-state index contributed by atoms with van der Waals surface area (Å²) in [6, 6.07) is 4.96. The molecule has 0 aliphatic heterocycles. The van der Waals surface area contributed by atoms with Crippen molar-refractivity contribution in [3.63, 3.8) is 0 Å². The number of rotatable bonds is 4. The maximum absolute atomic E-state index is 12.4. The van der Waals surface area contributed by atoms with Gasteiger partial charge in [-0.25, -0.2) is 0 Å². The summed E-state index contributed by atoms with van der Waals surface area (Å²) in [6.45, 7) is 0. The second-order valence-electron chi connectivity index (χ2n) is 4.54. The highest BCUT2D eigenvalue weighted by atomic mass is 79.9. The fourth-order valence-electron chi connectivity index (χ4n) is 1.76. The number of ketones is 1. The van der Waals surface area contributed by atoms with Gasteiger partial charge in [-0.1, -0.05) is 28.1 Å². The van der Waals surface area contributed by atoms with E-state index in [0.717, 1.165) is 30.5 Å². The second-order valence-corrected chi connectivity index (χ2v) is 5.65. The van der Waals surface area contributed by atoms with Crippen molar-refractivity contribution in [2.24, 2.45) is 5.92 Å². The Kier molecular flexibility index (Phi) is 3.80. The number of benzene rings is 1. The van der Waals surface area contributed by atoms with Crippen molar-refractivity contribution in [2.75, 3.05) is 0 Å². The summed E-state index contributed by atoms with van der Waals surface area (Å²) in [5.41, 5.74) is 0.0739. The lowest BCUT2D eigenvalue weighted by molar-refractivity contribution is -0.137. The molecule has 0 N–H and O–H groups in total. The first-order valence-electron chi connectivity index (χ1n) is 5.72. The summed E-state index contributed by atoms with van der Waals surface area (Å²) in [4.78, 5) is 11.4. The van der Waals surface area contributed by atoms with Crippen molar-refractivity contribution in [3.05, 3.63) is 35.4 Å². The lowest BCUT2D eigenvalue weighted by Crippen LogP contribution is -2.18. The highest BCUT2D eigenvalue weighted by molar-refractivity contribution is 9.10. The van der Waals surface area contributed by atoms with E-state index < -0.39 is 11.7 Å². The molecule has 1 saturated carbocycles. The standard InChI is InChI=1S/C13H12BrF3O/c14-11(12(18)9-3-4-9)7-8-1-5-10(6-2-8)13(15,16)17/h1-2,5-6,9,11H,3-4,7H2. The average molecular weight is 321 g/mol. The van der Waals surface area contributed by atoms with Crippen LogP contribution in [-0.2, 0) is 17.4 Å². The van der Waals surface area contributed by atoms with E-state index in [0.29, 0.717) is 6.42 Å². The molecule has 5 heteroatoms. The van der Waals surface area contributed by atoms with Gasteiger partial charge in [0.15, 0.2) is 0 Å². The molecule has 0 bridgehead atoms. The van der Waals surface area contributed by atoms with Gasteiger partial charge in [-0.15, -0.1) is 0 Å². The molecule has 1 aromatic carbocycles. The third kappa shape index (κ3) is 3.34. The SMILES string of the molecule is O=C(C(Br)Cc1ccc(C(F)(F)F)cc1)C1CC1. The average Bonchev–Trinajstić information content (AvgIpc) is 3.11. The van der Waals surface area contributed by atoms with Gasteiger partial charge < -0.3 is 0 Å². The van der Waals surface area contributed by atoms with Crippen LogP contribution in [0.5, 0.6) is 0 Å². The minimum absolute atomic E-state index is 0.156. The molecule has 1 atom stereocenters. The molecule has 1 aliphatic carbocycles. The van der Waals surface area contributed by atoms with Gasteiger partial charge in [0.25, 0.3) is 0 Å². The van der Waals surface area contributed by atoms with Gasteiger partial charge in [-0.05, 0) is 37.0 Å². The Bertz CT molecular complexity index is 435. The fourth-order valence-corrected chi connectivity index (χ4v) is 2.51. The molecule has 0 aromatic heterocycles. The van der Waals surface area contributed by atoms with E-state index in [4.69, 9.17) is 0 Å². The van der Waals surface area contributed by atoms with Crippen LogP contribution in [0.15, 0.2) is 24.3 Å². The largest absolute Gasteiger partial charge is 0.416 e. The zero-order chi connectivity index (χ0) is 13.3. The molecule has 1 aliphatic rings. The molecule has 98 valence electrons. The summed E-state index contributed by atoms with van der Waals surface area (Å²) in [5, 5.41) is 0. The lowest BCUT2D eigenvalue weighted by Gasteiger charge is -2.10. The van der Waals surface area contributed by atoms with Crippen molar-refractivity contribution in [1.29, 1.82) is 0 Å². The number of carbonyl (C=O) groups is 1. The first-order valence-corrected chi connectivity index (χ1v) is 6.63.